The smallest absolute Gasteiger partial charge is 0.115 e. The minimum absolute atomic E-state index is 0.0312. The van der Waals surface area contributed by atoms with Crippen LogP contribution in [0.25, 0.3) is 0 Å². The molecule has 0 aromatic heterocycles. The molecule has 1 heterocycles. The first-order valence-electron chi connectivity index (χ1n) is 9.59. The number of phenolic OH excluding ortho intramolecular Hbond substituents is 2. The van der Waals surface area contributed by atoms with Gasteiger partial charge in [0.25, 0.3) is 0 Å². The number of rotatable bonds is 7. The van der Waals surface area contributed by atoms with Crippen LogP contribution >= 0.6 is 0 Å². The predicted octanol–water partition coefficient (Wildman–Crippen LogP) is 3.37. The monoisotopic (exact) mass is 371 g/mol. The van der Waals surface area contributed by atoms with Crippen molar-refractivity contribution in [3.63, 3.8) is 0 Å². The molecular formula is C22H29NO4. The predicted molar refractivity (Wildman–Crippen MR) is 105 cm³/mol. The van der Waals surface area contributed by atoms with E-state index in [1.54, 1.807) is 37.4 Å². The Bertz CT molecular complexity index is 749. The Morgan fingerprint density at radius 2 is 1.89 bits per heavy atom. The summed E-state index contributed by atoms with van der Waals surface area (Å²) >= 11 is 0. The summed E-state index contributed by atoms with van der Waals surface area (Å²) in [6.07, 6.45) is 3.31. The van der Waals surface area contributed by atoms with Gasteiger partial charge in [-0.2, -0.15) is 0 Å². The molecule has 0 spiro atoms. The normalized spacial score (nSPS) is 19.1. The quantitative estimate of drug-likeness (QED) is 0.696. The van der Waals surface area contributed by atoms with E-state index in [1.165, 1.54) is 0 Å². The molecule has 2 aromatic rings. The standard InChI is InChI=1S/C22H29NO4/c1-27-15-18-8-9-20(25)13-16(18)10-12-23-11-3-2-7-21(23)22(26)17-5-4-6-19(24)14-17/h4-6,8-9,13-14,21-22,24-26H,2-3,7,10-12,15H2,1H3. The van der Waals surface area contributed by atoms with Crippen molar-refractivity contribution in [3.8, 4) is 11.5 Å². The molecule has 3 N–H and O–H groups in total. The van der Waals surface area contributed by atoms with Crippen LogP contribution in [0.1, 0.15) is 42.1 Å². The van der Waals surface area contributed by atoms with Gasteiger partial charge in [0.2, 0.25) is 0 Å². The van der Waals surface area contributed by atoms with Gasteiger partial charge in [-0.3, -0.25) is 4.90 Å². The van der Waals surface area contributed by atoms with Crippen LogP contribution in [0.3, 0.4) is 0 Å². The fourth-order valence-corrected chi connectivity index (χ4v) is 3.99. The van der Waals surface area contributed by atoms with Crippen molar-refractivity contribution in [3.05, 3.63) is 59.2 Å². The number of phenols is 2. The number of methoxy groups -OCH3 is 1. The number of aliphatic hydroxyl groups is 1. The van der Waals surface area contributed by atoms with E-state index in [0.717, 1.165) is 55.5 Å². The van der Waals surface area contributed by atoms with Crippen molar-refractivity contribution in [1.82, 2.24) is 4.90 Å². The number of likely N-dealkylation sites (tertiary alicyclic amines) is 1. The van der Waals surface area contributed by atoms with E-state index in [4.69, 9.17) is 4.74 Å². The van der Waals surface area contributed by atoms with Crippen molar-refractivity contribution in [2.45, 2.75) is 44.4 Å². The molecule has 27 heavy (non-hydrogen) atoms. The molecule has 2 aromatic carbocycles. The number of aromatic hydroxyl groups is 2. The van der Waals surface area contributed by atoms with Crippen LogP contribution in [-0.2, 0) is 17.8 Å². The average molecular weight is 371 g/mol. The number of piperidine rings is 1. The summed E-state index contributed by atoms with van der Waals surface area (Å²) in [6.45, 7) is 2.27. The summed E-state index contributed by atoms with van der Waals surface area (Å²) in [6, 6.07) is 12.3. The van der Waals surface area contributed by atoms with Gasteiger partial charge in [-0.05, 0) is 66.8 Å². The summed E-state index contributed by atoms with van der Waals surface area (Å²) in [5, 5.41) is 30.5. The van der Waals surface area contributed by atoms with Crippen molar-refractivity contribution in [1.29, 1.82) is 0 Å². The Kier molecular flexibility index (Phi) is 6.72. The van der Waals surface area contributed by atoms with Crippen LogP contribution in [0.5, 0.6) is 11.5 Å². The van der Waals surface area contributed by atoms with Crippen LogP contribution in [0.2, 0.25) is 0 Å². The minimum Gasteiger partial charge on any atom is -0.508 e. The van der Waals surface area contributed by atoms with Gasteiger partial charge in [-0.1, -0.05) is 24.6 Å². The lowest BCUT2D eigenvalue weighted by atomic mass is 9.92. The highest BCUT2D eigenvalue weighted by molar-refractivity contribution is 5.35. The van der Waals surface area contributed by atoms with Crippen LogP contribution in [0.4, 0.5) is 0 Å². The largest absolute Gasteiger partial charge is 0.508 e. The molecule has 2 unspecified atom stereocenters. The summed E-state index contributed by atoms with van der Waals surface area (Å²) in [5.41, 5.74) is 2.91. The Hall–Kier alpha value is -2.08. The maximum absolute atomic E-state index is 10.9. The number of benzene rings is 2. The number of hydrogen-bond donors (Lipinski definition) is 3. The summed E-state index contributed by atoms with van der Waals surface area (Å²) in [7, 11) is 1.67. The van der Waals surface area contributed by atoms with Gasteiger partial charge >= 0.3 is 0 Å². The van der Waals surface area contributed by atoms with Gasteiger partial charge in [-0.15, -0.1) is 0 Å². The van der Waals surface area contributed by atoms with E-state index >= 15 is 0 Å². The molecule has 0 saturated carbocycles. The van der Waals surface area contributed by atoms with Crippen LogP contribution in [-0.4, -0.2) is 46.5 Å². The number of aliphatic hydroxyl groups excluding tert-OH is 1. The van der Waals surface area contributed by atoms with Crippen molar-refractivity contribution < 1.29 is 20.1 Å². The second kappa shape index (κ2) is 9.22. The highest BCUT2D eigenvalue weighted by atomic mass is 16.5. The minimum atomic E-state index is -0.625. The van der Waals surface area contributed by atoms with Gasteiger partial charge in [0.05, 0.1) is 12.7 Å². The summed E-state index contributed by atoms with van der Waals surface area (Å²) in [4.78, 5) is 2.33. The third-order valence-corrected chi connectivity index (χ3v) is 5.40. The maximum atomic E-state index is 10.9. The molecule has 0 amide bonds. The second-order valence-corrected chi connectivity index (χ2v) is 7.27. The highest BCUT2D eigenvalue weighted by Gasteiger charge is 2.29. The van der Waals surface area contributed by atoms with E-state index in [9.17, 15) is 15.3 Å². The second-order valence-electron chi connectivity index (χ2n) is 7.27. The SMILES string of the molecule is COCc1ccc(O)cc1CCN1CCCCC1C(O)c1cccc(O)c1. The average Bonchev–Trinajstić information content (AvgIpc) is 2.68. The van der Waals surface area contributed by atoms with E-state index in [1.807, 2.05) is 12.1 Å². The number of nitrogens with zero attached hydrogens (tertiary/aromatic N) is 1. The van der Waals surface area contributed by atoms with Crippen molar-refractivity contribution in [2.24, 2.45) is 0 Å². The van der Waals surface area contributed by atoms with Crippen molar-refractivity contribution >= 4 is 0 Å². The van der Waals surface area contributed by atoms with Crippen LogP contribution in [0, 0.1) is 0 Å². The van der Waals surface area contributed by atoms with Gasteiger partial charge in [0.15, 0.2) is 0 Å². The first-order chi connectivity index (χ1) is 13.1. The summed E-state index contributed by atoms with van der Waals surface area (Å²) < 4.78 is 5.27. The lowest BCUT2D eigenvalue weighted by molar-refractivity contribution is 0.0254. The molecule has 5 heteroatoms. The van der Waals surface area contributed by atoms with Gasteiger partial charge < -0.3 is 20.1 Å². The van der Waals surface area contributed by atoms with Gasteiger partial charge in [0, 0.05) is 19.7 Å². The third-order valence-electron chi connectivity index (χ3n) is 5.40. The topological polar surface area (TPSA) is 73.2 Å². The van der Waals surface area contributed by atoms with Crippen molar-refractivity contribution in [2.75, 3.05) is 20.2 Å². The molecule has 1 saturated heterocycles. The van der Waals surface area contributed by atoms with E-state index < -0.39 is 6.10 Å². The first kappa shape index (κ1) is 19.7. The highest BCUT2D eigenvalue weighted by Crippen LogP contribution is 2.30. The fraction of sp³-hybridized carbons (Fsp3) is 0.455. The maximum Gasteiger partial charge on any atom is 0.115 e. The molecule has 1 aliphatic heterocycles. The van der Waals surface area contributed by atoms with E-state index in [2.05, 4.69) is 4.90 Å². The molecule has 1 fully saturated rings. The number of hydrogen-bond acceptors (Lipinski definition) is 5. The molecule has 0 bridgehead atoms. The lowest BCUT2D eigenvalue weighted by Crippen LogP contribution is -2.44. The first-order valence-corrected chi connectivity index (χ1v) is 9.59. The Balaban J connectivity index is 1.72. The number of ether oxygens (including phenoxy) is 1. The Labute approximate surface area is 160 Å². The molecule has 5 nitrogen and oxygen atoms in total. The zero-order valence-corrected chi connectivity index (χ0v) is 15.8. The molecule has 1 aliphatic rings. The lowest BCUT2D eigenvalue weighted by Gasteiger charge is -2.38. The summed E-state index contributed by atoms with van der Waals surface area (Å²) in [5.74, 6) is 0.442. The molecule has 0 radical (unpaired) electrons. The molecule has 146 valence electrons. The van der Waals surface area contributed by atoms with E-state index in [-0.39, 0.29) is 17.5 Å². The third kappa shape index (κ3) is 5.01. The molecule has 3 rings (SSSR count). The Morgan fingerprint density at radius 3 is 2.67 bits per heavy atom. The van der Waals surface area contributed by atoms with E-state index in [0.29, 0.717) is 6.61 Å². The van der Waals surface area contributed by atoms with Crippen LogP contribution < -0.4 is 0 Å². The van der Waals surface area contributed by atoms with Gasteiger partial charge in [-0.25, -0.2) is 0 Å². The fourth-order valence-electron chi connectivity index (χ4n) is 3.99. The molecule has 0 aliphatic carbocycles. The molecule has 2 atom stereocenters. The van der Waals surface area contributed by atoms with Crippen LogP contribution in [0.15, 0.2) is 42.5 Å². The zero-order chi connectivity index (χ0) is 19.2. The van der Waals surface area contributed by atoms with Gasteiger partial charge in [0.1, 0.15) is 11.5 Å². The molecular weight excluding hydrogens is 342 g/mol. The Morgan fingerprint density at radius 1 is 1.07 bits per heavy atom. The zero-order valence-electron chi connectivity index (χ0n) is 15.8.